The maximum atomic E-state index is 14.6. The van der Waals surface area contributed by atoms with Gasteiger partial charge in [0.25, 0.3) is 0 Å². The fourth-order valence-electron chi connectivity index (χ4n) is 4.62. The minimum atomic E-state index is -0.533. The Hall–Kier alpha value is -3.88. The van der Waals surface area contributed by atoms with Gasteiger partial charge in [-0.15, -0.1) is 0 Å². The van der Waals surface area contributed by atoms with Gasteiger partial charge in [0.05, 0.1) is 5.69 Å². The number of carbonyl (C=O) groups is 1. The van der Waals surface area contributed by atoms with Crippen LogP contribution >= 0.6 is 0 Å². The molecular weight excluding hydrogens is 509 g/mol. The molecule has 0 spiro atoms. The van der Waals surface area contributed by atoms with Crippen molar-refractivity contribution in [1.82, 2.24) is 15.3 Å². The van der Waals surface area contributed by atoms with E-state index in [-0.39, 0.29) is 29.3 Å². The number of hydrogen-bond donors (Lipinski definition) is 3. The topological polar surface area (TPSA) is 111 Å². The Kier molecular flexibility index (Phi) is 8.51. The van der Waals surface area contributed by atoms with E-state index in [0.29, 0.717) is 23.1 Å². The molecule has 1 aliphatic carbocycles. The predicted molar refractivity (Wildman–Crippen MR) is 156 cm³/mol. The van der Waals surface area contributed by atoms with E-state index in [9.17, 15) is 9.18 Å². The van der Waals surface area contributed by atoms with E-state index in [0.717, 1.165) is 36.8 Å². The van der Waals surface area contributed by atoms with Gasteiger partial charge < -0.3 is 25.8 Å². The Morgan fingerprint density at radius 2 is 1.65 bits per heavy atom. The molecule has 0 bridgehead atoms. The third-order valence-electron chi connectivity index (χ3n) is 6.74. The number of amides is 1. The molecule has 1 fully saturated rings. The quantitative estimate of drug-likeness (QED) is 0.279. The highest BCUT2D eigenvalue weighted by molar-refractivity contribution is 5.70. The second-order valence-electron chi connectivity index (χ2n) is 12.4. The lowest BCUT2D eigenvalue weighted by Crippen LogP contribution is -2.42. The Morgan fingerprint density at radius 3 is 2.30 bits per heavy atom. The van der Waals surface area contributed by atoms with Gasteiger partial charge in [0.2, 0.25) is 5.95 Å². The van der Waals surface area contributed by atoms with E-state index in [1.807, 2.05) is 45.0 Å². The number of nitrogens with two attached hydrogens (primary N) is 1. The summed E-state index contributed by atoms with van der Waals surface area (Å²) in [5.41, 5.74) is 7.82. The van der Waals surface area contributed by atoms with Gasteiger partial charge in [-0.2, -0.15) is 0 Å². The van der Waals surface area contributed by atoms with Gasteiger partial charge in [0, 0.05) is 35.6 Å². The largest absolute Gasteiger partial charge is 0.454 e. The number of benzene rings is 2. The number of rotatable bonds is 6. The van der Waals surface area contributed by atoms with E-state index in [1.165, 1.54) is 12.1 Å². The molecule has 214 valence electrons. The van der Waals surface area contributed by atoms with Crippen LogP contribution in [-0.4, -0.2) is 33.7 Å². The van der Waals surface area contributed by atoms with Crippen molar-refractivity contribution in [1.29, 1.82) is 0 Å². The SMILES string of the molecule is CC(C)(C)OC(=O)NC1CCC(Nc2nccc(-c3ccc(C(C)(C)C)cc3Oc3ccc(N)cc3F)n2)CC1. The minimum Gasteiger partial charge on any atom is -0.454 e. The molecule has 0 saturated heterocycles. The predicted octanol–water partition coefficient (Wildman–Crippen LogP) is 7.20. The summed E-state index contributed by atoms with van der Waals surface area (Å²) in [6.07, 6.45) is 4.70. The zero-order chi connectivity index (χ0) is 29.1. The molecule has 40 heavy (non-hydrogen) atoms. The van der Waals surface area contributed by atoms with Gasteiger partial charge in [-0.05, 0) is 87.8 Å². The van der Waals surface area contributed by atoms with Crippen LogP contribution in [0, 0.1) is 5.82 Å². The number of ether oxygens (including phenoxy) is 2. The van der Waals surface area contributed by atoms with Crippen molar-refractivity contribution in [3.8, 4) is 22.8 Å². The molecule has 2 aromatic carbocycles. The average molecular weight is 550 g/mol. The average Bonchev–Trinajstić information content (AvgIpc) is 2.85. The first kappa shape index (κ1) is 29.1. The van der Waals surface area contributed by atoms with Crippen molar-refractivity contribution in [3.05, 3.63) is 60.0 Å². The molecule has 1 aliphatic rings. The molecule has 4 rings (SSSR count). The first-order chi connectivity index (χ1) is 18.8. The van der Waals surface area contributed by atoms with Crippen LogP contribution in [0.1, 0.15) is 72.8 Å². The van der Waals surface area contributed by atoms with E-state index < -0.39 is 11.4 Å². The first-order valence-electron chi connectivity index (χ1n) is 13.7. The smallest absolute Gasteiger partial charge is 0.407 e. The van der Waals surface area contributed by atoms with Crippen LogP contribution in [-0.2, 0) is 10.2 Å². The monoisotopic (exact) mass is 549 g/mol. The van der Waals surface area contributed by atoms with E-state index in [1.54, 1.807) is 12.3 Å². The van der Waals surface area contributed by atoms with Crippen molar-refractivity contribution in [2.75, 3.05) is 11.1 Å². The zero-order valence-electron chi connectivity index (χ0n) is 24.2. The second-order valence-corrected chi connectivity index (χ2v) is 12.4. The molecule has 8 nitrogen and oxygen atoms in total. The summed E-state index contributed by atoms with van der Waals surface area (Å²) in [6, 6.07) is 12.4. The summed E-state index contributed by atoms with van der Waals surface area (Å²) in [7, 11) is 0. The van der Waals surface area contributed by atoms with Crippen molar-refractivity contribution < 1.29 is 18.7 Å². The Labute approximate surface area is 235 Å². The zero-order valence-corrected chi connectivity index (χ0v) is 24.2. The molecule has 4 N–H and O–H groups in total. The van der Waals surface area contributed by atoms with Crippen molar-refractivity contribution >= 4 is 17.7 Å². The summed E-state index contributed by atoms with van der Waals surface area (Å²) in [5, 5.41) is 6.41. The number of alkyl carbamates (subject to hydrolysis) is 1. The normalized spacial score (nSPS) is 17.7. The summed E-state index contributed by atoms with van der Waals surface area (Å²) in [5.74, 6) is 0.555. The molecule has 3 aromatic rings. The molecule has 1 saturated carbocycles. The maximum Gasteiger partial charge on any atom is 0.407 e. The lowest BCUT2D eigenvalue weighted by Gasteiger charge is -2.30. The number of nitrogen functional groups attached to an aromatic ring is 1. The first-order valence-corrected chi connectivity index (χ1v) is 13.7. The Morgan fingerprint density at radius 1 is 0.950 bits per heavy atom. The number of nitrogens with zero attached hydrogens (tertiary/aromatic N) is 2. The lowest BCUT2D eigenvalue weighted by molar-refractivity contribution is 0.0492. The standard InChI is InChI=1S/C31H40FN5O3/c1-30(2,3)19-7-13-23(27(17-19)39-26-14-8-20(33)18-24(26)32)25-15-16-34-28(37-25)35-21-9-11-22(12-10-21)36-29(38)40-31(4,5)6/h7-8,13-18,21-22H,9-12,33H2,1-6H3,(H,36,38)(H,34,35,37). The van der Waals surface area contributed by atoms with Gasteiger partial charge in [-0.1, -0.05) is 26.8 Å². The van der Waals surface area contributed by atoms with Crippen LogP contribution in [0.4, 0.5) is 20.8 Å². The summed E-state index contributed by atoms with van der Waals surface area (Å²) in [6.45, 7) is 11.9. The molecule has 0 atom stereocenters. The number of anilines is 2. The fraction of sp³-hybridized carbons (Fsp3) is 0.452. The number of carbonyl (C=O) groups excluding carboxylic acids is 1. The number of hydrogen-bond acceptors (Lipinski definition) is 7. The van der Waals surface area contributed by atoms with E-state index >= 15 is 0 Å². The van der Waals surface area contributed by atoms with Crippen LogP contribution in [0.3, 0.4) is 0 Å². The lowest BCUT2D eigenvalue weighted by atomic mass is 9.86. The van der Waals surface area contributed by atoms with Crippen molar-refractivity contribution in [2.45, 2.75) is 90.3 Å². The van der Waals surface area contributed by atoms with Crippen LogP contribution in [0.5, 0.6) is 11.5 Å². The van der Waals surface area contributed by atoms with E-state index in [2.05, 4.69) is 36.4 Å². The van der Waals surface area contributed by atoms with Crippen LogP contribution in [0.15, 0.2) is 48.7 Å². The number of aromatic nitrogens is 2. The Bertz CT molecular complexity index is 1340. The Balaban J connectivity index is 1.49. The maximum absolute atomic E-state index is 14.6. The summed E-state index contributed by atoms with van der Waals surface area (Å²) < 4.78 is 26.1. The van der Waals surface area contributed by atoms with Crippen LogP contribution in [0.25, 0.3) is 11.3 Å². The molecule has 0 aliphatic heterocycles. The summed E-state index contributed by atoms with van der Waals surface area (Å²) in [4.78, 5) is 21.3. The molecule has 9 heteroatoms. The van der Waals surface area contributed by atoms with Gasteiger partial charge in [-0.25, -0.2) is 19.2 Å². The van der Waals surface area contributed by atoms with Gasteiger partial charge in [-0.3, -0.25) is 0 Å². The highest BCUT2D eigenvalue weighted by Gasteiger charge is 2.25. The summed E-state index contributed by atoms with van der Waals surface area (Å²) >= 11 is 0. The number of halogens is 1. The molecule has 1 amide bonds. The fourth-order valence-corrected chi connectivity index (χ4v) is 4.62. The molecule has 1 heterocycles. The minimum absolute atomic E-state index is 0.0786. The van der Waals surface area contributed by atoms with Gasteiger partial charge in [0.15, 0.2) is 11.6 Å². The molecule has 0 radical (unpaired) electrons. The van der Waals surface area contributed by atoms with Crippen LogP contribution in [0.2, 0.25) is 0 Å². The third kappa shape index (κ3) is 7.83. The van der Waals surface area contributed by atoms with E-state index in [4.69, 9.17) is 20.2 Å². The van der Waals surface area contributed by atoms with Gasteiger partial charge in [0.1, 0.15) is 11.4 Å². The highest BCUT2D eigenvalue weighted by atomic mass is 19.1. The second kappa shape index (κ2) is 11.7. The van der Waals surface area contributed by atoms with Crippen molar-refractivity contribution in [2.24, 2.45) is 0 Å². The van der Waals surface area contributed by atoms with Crippen LogP contribution < -0.4 is 21.1 Å². The molecule has 1 aromatic heterocycles. The molecule has 0 unspecified atom stereocenters. The number of nitrogens with one attached hydrogen (secondary N) is 2. The highest BCUT2D eigenvalue weighted by Crippen LogP contribution is 2.38. The van der Waals surface area contributed by atoms with Gasteiger partial charge >= 0.3 is 6.09 Å². The molecular formula is C31H40FN5O3. The third-order valence-corrected chi connectivity index (χ3v) is 6.74. The van der Waals surface area contributed by atoms with Crippen molar-refractivity contribution in [3.63, 3.8) is 0 Å².